The van der Waals surface area contributed by atoms with E-state index in [2.05, 4.69) is 40.6 Å². The van der Waals surface area contributed by atoms with E-state index in [4.69, 9.17) is 26.6 Å². The largest absolute Gasteiger partial charge is 0.478 e. The molecule has 0 spiro atoms. The Morgan fingerprint density at radius 3 is 2.29 bits per heavy atom. The quantitative estimate of drug-likeness (QED) is 0.302. The fraction of sp³-hybridized carbons (Fsp3) is 0.192. The Kier molecular flexibility index (Phi) is 10.3. The number of ether oxygens (including phenoxy) is 1. The van der Waals surface area contributed by atoms with E-state index in [9.17, 15) is 9.59 Å². The fourth-order valence-electron chi connectivity index (χ4n) is 3.41. The lowest BCUT2D eigenvalue weighted by Crippen LogP contribution is -2.41. The number of nitrogens with zero attached hydrogens (tertiary/aromatic N) is 1. The van der Waals surface area contributed by atoms with E-state index in [1.54, 1.807) is 11.8 Å². The highest BCUT2D eigenvalue weighted by molar-refractivity contribution is 7.99. The van der Waals surface area contributed by atoms with Gasteiger partial charge in [0.15, 0.2) is 0 Å². The predicted octanol–water partition coefficient (Wildman–Crippen LogP) is 4.94. The van der Waals surface area contributed by atoms with Crippen LogP contribution in [0.25, 0.3) is 11.1 Å². The molecule has 1 aliphatic heterocycles. The first-order valence-electron chi connectivity index (χ1n) is 10.8. The normalized spacial score (nSPS) is 16.2. The molecule has 0 radical (unpaired) electrons. The molecule has 0 amide bonds. The van der Waals surface area contributed by atoms with Gasteiger partial charge in [0.1, 0.15) is 5.03 Å². The van der Waals surface area contributed by atoms with Crippen LogP contribution in [0.4, 0.5) is 0 Å². The molecule has 0 bridgehead atoms. The molecule has 0 saturated carbocycles. The average molecular weight is 513 g/mol. The van der Waals surface area contributed by atoms with Gasteiger partial charge in [-0.15, -0.1) is 0 Å². The summed E-state index contributed by atoms with van der Waals surface area (Å²) >= 11 is 8.20. The van der Waals surface area contributed by atoms with E-state index < -0.39 is 11.9 Å². The Labute approximate surface area is 212 Å². The highest BCUT2D eigenvalue weighted by Crippen LogP contribution is 2.43. The van der Waals surface area contributed by atoms with Crippen molar-refractivity contribution >= 4 is 35.3 Å². The monoisotopic (exact) mass is 512 g/mol. The Morgan fingerprint density at radius 2 is 1.66 bits per heavy atom. The van der Waals surface area contributed by atoms with Crippen molar-refractivity contribution in [1.82, 2.24) is 10.3 Å². The first-order chi connectivity index (χ1) is 17.0. The molecule has 3 N–H and O–H groups in total. The molecule has 1 aliphatic rings. The van der Waals surface area contributed by atoms with Crippen molar-refractivity contribution < 1.29 is 24.5 Å². The summed E-state index contributed by atoms with van der Waals surface area (Å²) in [5.41, 5.74) is 3.30. The Balaban J connectivity index is 0.000000371. The molecule has 1 unspecified atom stereocenters. The van der Waals surface area contributed by atoms with E-state index in [0.29, 0.717) is 12.2 Å². The summed E-state index contributed by atoms with van der Waals surface area (Å²) in [6.45, 7) is 2.46. The molecule has 2 aromatic carbocycles. The summed E-state index contributed by atoms with van der Waals surface area (Å²) in [5, 5.41) is 20.9. The first-order valence-corrected chi connectivity index (χ1v) is 12.1. The van der Waals surface area contributed by atoms with Gasteiger partial charge in [-0.3, -0.25) is 0 Å². The smallest absolute Gasteiger partial charge is 0.328 e. The second-order valence-corrected chi connectivity index (χ2v) is 8.95. The van der Waals surface area contributed by atoms with Crippen LogP contribution in [0, 0.1) is 0 Å². The molecule has 2 atom stereocenters. The van der Waals surface area contributed by atoms with Gasteiger partial charge in [0, 0.05) is 47.6 Å². The summed E-state index contributed by atoms with van der Waals surface area (Å²) in [7, 11) is 0. The van der Waals surface area contributed by atoms with Crippen LogP contribution in [-0.2, 0) is 14.3 Å². The summed E-state index contributed by atoms with van der Waals surface area (Å²) in [5.74, 6) is -2.51. The molecule has 35 heavy (non-hydrogen) atoms. The standard InChI is InChI=1S/C22H21ClN2OS.C4H4O4/c23-19-11-5-4-9-17(19)18-10-6-12-25-22(18)27-21(16-7-2-1-3-8-16)20-15-24-13-14-26-20;5-3(6)1-2-4(7)8/h1-12,20-21,24H,13-15H2;1-2H,(H,5,6)(H,7,8)/b;2-1+/t20-,21?;/m0./s1. The number of benzene rings is 2. The molecule has 1 fully saturated rings. The molecule has 182 valence electrons. The van der Waals surface area contributed by atoms with Gasteiger partial charge in [-0.1, -0.05) is 78.0 Å². The Morgan fingerprint density at radius 1 is 1.00 bits per heavy atom. The van der Waals surface area contributed by atoms with Crippen molar-refractivity contribution in [3.05, 3.63) is 95.7 Å². The fourth-order valence-corrected chi connectivity index (χ4v) is 4.94. The minimum atomic E-state index is -1.26. The van der Waals surface area contributed by atoms with E-state index in [-0.39, 0.29) is 11.4 Å². The summed E-state index contributed by atoms with van der Waals surface area (Å²) < 4.78 is 6.10. The van der Waals surface area contributed by atoms with E-state index in [0.717, 1.165) is 40.9 Å². The molecule has 1 saturated heterocycles. The number of halogens is 1. The highest BCUT2D eigenvalue weighted by Gasteiger charge is 2.28. The zero-order chi connectivity index (χ0) is 25.0. The van der Waals surface area contributed by atoms with Crippen LogP contribution in [0.1, 0.15) is 10.8 Å². The molecule has 9 heteroatoms. The number of morpholine rings is 1. The summed E-state index contributed by atoms with van der Waals surface area (Å²) in [6.07, 6.45) is 3.04. The molecule has 0 aliphatic carbocycles. The Hall–Kier alpha value is -3.17. The molecule has 3 aromatic rings. The van der Waals surface area contributed by atoms with Crippen molar-refractivity contribution in [3.63, 3.8) is 0 Å². The highest BCUT2D eigenvalue weighted by atomic mass is 35.5. The zero-order valence-corrected chi connectivity index (χ0v) is 20.3. The molecule has 1 aromatic heterocycles. The average Bonchev–Trinajstić information content (AvgIpc) is 2.88. The van der Waals surface area contributed by atoms with Gasteiger partial charge in [0.25, 0.3) is 0 Å². The summed E-state index contributed by atoms with van der Waals surface area (Å²) in [6, 6.07) is 22.5. The number of pyridine rings is 1. The van der Waals surface area contributed by atoms with Crippen molar-refractivity contribution in [1.29, 1.82) is 0 Å². The van der Waals surface area contributed by atoms with Crippen molar-refractivity contribution in [2.75, 3.05) is 19.7 Å². The molecular formula is C26H25ClN2O5S. The molecular weight excluding hydrogens is 488 g/mol. The predicted molar refractivity (Wildman–Crippen MR) is 137 cm³/mol. The second-order valence-electron chi connectivity index (χ2n) is 7.41. The van der Waals surface area contributed by atoms with Crippen LogP contribution >= 0.6 is 23.4 Å². The number of aromatic nitrogens is 1. The van der Waals surface area contributed by atoms with Crippen LogP contribution < -0.4 is 5.32 Å². The lowest BCUT2D eigenvalue weighted by atomic mass is 10.1. The van der Waals surface area contributed by atoms with Crippen molar-refractivity contribution in [3.8, 4) is 11.1 Å². The summed E-state index contributed by atoms with van der Waals surface area (Å²) in [4.78, 5) is 23.8. The minimum Gasteiger partial charge on any atom is -0.478 e. The number of thioether (sulfide) groups is 1. The van der Waals surface area contributed by atoms with Crippen molar-refractivity contribution in [2.45, 2.75) is 16.4 Å². The van der Waals surface area contributed by atoms with E-state index in [1.165, 1.54) is 5.56 Å². The number of carbonyl (C=O) groups is 2. The van der Waals surface area contributed by atoms with Crippen LogP contribution in [-0.4, -0.2) is 52.9 Å². The first kappa shape index (κ1) is 26.4. The SMILES string of the molecule is Clc1ccccc1-c1cccnc1SC(c1ccccc1)[C@@H]1CNCCO1.O=C(O)/C=C/C(=O)O. The van der Waals surface area contributed by atoms with Crippen LogP contribution in [0.5, 0.6) is 0 Å². The number of carboxylic acids is 2. The third kappa shape index (κ3) is 8.22. The van der Waals surface area contributed by atoms with Gasteiger partial charge in [0.2, 0.25) is 0 Å². The van der Waals surface area contributed by atoms with Crippen molar-refractivity contribution in [2.24, 2.45) is 0 Å². The van der Waals surface area contributed by atoms with Crippen LogP contribution in [0.2, 0.25) is 5.02 Å². The molecule has 4 rings (SSSR count). The number of aliphatic carboxylic acids is 2. The number of nitrogens with one attached hydrogen (secondary N) is 1. The number of hydrogen-bond acceptors (Lipinski definition) is 6. The number of hydrogen-bond donors (Lipinski definition) is 3. The third-order valence-electron chi connectivity index (χ3n) is 4.96. The topological polar surface area (TPSA) is 109 Å². The van der Waals surface area contributed by atoms with Gasteiger partial charge in [-0.05, 0) is 17.7 Å². The van der Waals surface area contributed by atoms with E-state index in [1.807, 2.05) is 42.6 Å². The maximum Gasteiger partial charge on any atom is 0.328 e. The lowest BCUT2D eigenvalue weighted by Gasteiger charge is -2.31. The van der Waals surface area contributed by atoms with Crippen LogP contribution in [0.15, 0.2) is 90.1 Å². The Bertz CT molecular complexity index is 1140. The minimum absolute atomic E-state index is 0.0900. The van der Waals surface area contributed by atoms with Gasteiger partial charge >= 0.3 is 11.9 Å². The van der Waals surface area contributed by atoms with Gasteiger partial charge in [-0.25, -0.2) is 14.6 Å². The zero-order valence-electron chi connectivity index (χ0n) is 18.7. The molecule has 2 heterocycles. The lowest BCUT2D eigenvalue weighted by molar-refractivity contribution is -0.134. The van der Waals surface area contributed by atoms with Crippen LogP contribution in [0.3, 0.4) is 0 Å². The third-order valence-corrected chi connectivity index (χ3v) is 6.67. The van der Waals surface area contributed by atoms with Gasteiger partial charge in [0.05, 0.1) is 18.0 Å². The maximum atomic E-state index is 9.55. The van der Waals surface area contributed by atoms with Gasteiger partial charge < -0.3 is 20.3 Å². The second kappa shape index (κ2) is 13.7. The van der Waals surface area contributed by atoms with Gasteiger partial charge in [-0.2, -0.15) is 0 Å². The maximum absolute atomic E-state index is 9.55. The number of rotatable bonds is 7. The van der Waals surface area contributed by atoms with E-state index >= 15 is 0 Å². The number of carboxylic acid groups (broad SMARTS) is 2. The molecule has 7 nitrogen and oxygen atoms in total.